The van der Waals surface area contributed by atoms with Crippen molar-refractivity contribution in [3.63, 3.8) is 0 Å². The molecule has 1 unspecified atom stereocenters. The highest BCUT2D eigenvalue weighted by molar-refractivity contribution is 5.76. The lowest BCUT2D eigenvalue weighted by Gasteiger charge is -2.14. The van der Waals surface area contributed by atoms with Gasteiger partial charge in [0.2, 0.25) is 0 Å². The Kier molecular flexibility index (Phi) is 4.85. The van der Waals surface area contributed by atoms with E-state index in [2.05, 4.69) is 10.3 Å². The lowest BCUT2D eigenvalue weighted by Crippen LogP contribution is -2.26. The molecule has 4 heteroatoms. The van der Waals surface area contributed by atoms with Crippen molar-refractivity contribution in [1.82, 2.24) is 10.3 Å². The molecule has 104 valence electrons. The molecule has 1 aromatic carbocycles. The fraction of sp³-hybridized carbons (Fsp3) is 0.250. The molecule has 0 saturated heterocycles. The Labute approximate surface area is 118 Å². The molecule has 4 nitrogen and oxygen atoms in total. The minimum absolute atomic E-state index is 0.397. The molecule has 1 atom stereocenters. The van der Waals surface area contributed by atoms with Gasteiger partial charge in [-0.2, -0.15) is 0 Å². The molecular weight excluding hydrogens is 252 g/mol. The van der Waals surface area contributed by atoms with Crippen LogP contribution in [0.2, 0.25) is 0 Å². The van der Waals surface area contributed by atoms with Crippen LogP contribution in [-0.4, -0.2) is 22.6 Å². The second-order valence-corrected chi connectivity index (χ2v) is 4.73. The van der Waals surface area contributed by atoms with Gasteiger partial charge in [0.15, 0.2) is 0 Å². The number of rotatable bonds is 6. The molecule has 0 amide bonds. The van der Waals surface area contributed by atoms with Gasteiger partial charge in [-0.1, -0.05) is 30.3 Å². The van der Waals surface area contributed by atoms with Gasteiger partial charge in [0, 0.05) is 25.5 Å². The lowest BCUT2D eigenvalue weighted by molar-refractivity contribution is -0.138. The van der Waals surface area contributed by atoms with Crippen LogP contribution < -0.4 is 5.32 Å². The Balaban J connectivity index is 1.97. The smallest absolute Gasteiger partial charge is 0.312 e. The highest BCUT2D eigenvalue weighted by Crippen LogP contribution is 2.15. The molecule has 2 aromatic rings. The molecule has 0 aliphatic rings. The summed E-state index contributed by atoms with van der Waals surface area (Å²) in [5.41, 5.74) is 3.05. The van der Waals surface area contributed by atoms with Crippen molar-refractivity contribution in [2.45, 2.75) is 19.4 Å². The third-order valence-electron chi connectivity index (χ3n) is 3.31. The van der Waals surface area contributed by atoms with Crippen LogP contribution in [0, 0.1) is 6.92 Å². The molecule has 2 rings (SSSR count). The van der Waals surface area contributed by atoms with E-state index in [1.165, 1.54) is 0 Å². The first-order valence-corrected chi connectivity index (χ1v) is 6.56. The van der Waals surface area contributed by atoms with Crippen LogP contribution in [0.25, 0.3) is 0 Å². The number of aliphatic carboxylic acids is 1. The van der Waals surface area contributed by atoms with Crippen LogP contribution in [0.15, 0.2) is 48.8 Å². The highest BCUT2D eigenvalue weighted by atomic mass is 16.4. The zero-order valence-electron chi connectivity index (χ0n) is 11.4. The van der Waals surface area contributed by atoms with Crippen LogP contribution in [0.5, 0.6) is 0 Å². The van der Waals surface area contributed by atoms with E-state index >= 15 is 0 Å². The molecule has 0 aliphatic heterocycles. The predicted molar refractivity (Wildman–Crippen MR) is 77.5 cm³/mol. The van der Waals surface area contributed by atoms with E-state index in [0.29, 0.717) is 13.1 Å². The number of carbonyl (C=O) groups is 1. The van der Waals surface area contributed by atoms with Crippen LogP contribution in [0.3, 0.4) is 0 Å². The summed E-state index contributed by atoms with van der Waals surface area (Å²) in [6.07, 6.45) is 3.56. The summed E-state index contributed by atoms with van der Waals surface area (Å²) in [6.45, 7) is 3.04. The molecule has 0 spiro atoms. The van der Waals surface area contributed by atoms with E-state index in [9.17, 15) is 9.90 Å². The molecule has 0 fully saturated rings. The molecule has 2 N–H and O–H groups in total. The molecule has 1 heterocycles. The van der Waals surface area contributed by atoms with Crippen molar-refractivity contribution in [2.24, 2.45) is 0 Å². The molecular formula is C16H18N2O2. The number of pyridine rings is 1. The summed E-state index contributed by atoms with van der Waals surface area (Å²) < 4.78 is 0. The van der Waals surface area contributed by atoms with Crippen LogP contribution in [0.4, 0.5) is 0 Å². The fourth-order valence-corrected chi connectivity index (χ4v) is 2.07. The summed E-state index contributed by atoms with van der Waals surface area (Å²) in [7, 11) is 0. The van der Waals surface area contributed by atoms with Crippen molar-refractivity contribution in [2.75, 3.05) is 6.54 Å². The van der Waals surface area contributed by atoms with E-state index in [1.54, 1.807) is 12.4 Å². The Morgan fingerprint density at radius 2 is 2.05 bits per heavy atom. The molecule has 1 aromatic heterocycles. The van der Waals surface area contributed by atoms with Gasteiger partial charge in [0.25, 0.3) is 0 Å². The summed E-state index contributed by atoms with van der Waals surface area (Å²) in [5.74, 6) is -1.35. The average molecular weight is 270 g/mol. The Morgan fingerprint density at radius 1 is 1.30 bits per heavy atom. The molecule has 0 aliphatic carbocycles. The minimum Gasteiger partial charge on any atom is -0.481 e. The first kappa shape index (κ1) is 14.2. The first-order valence-electron chi connectivity index (χ1n) is 6.56. The van der Waals surface area contributed by atoms with E-state index in [4.69, 9.17) is 0 Å². The summed E-state index contributed by atoms with van der Waals surface area (Å²) in [5, 5.41) is 12.5. The quantitative estimate of drug-likeness (QED) is 0.845. The van der Waals surface area contributed by atoms with Crippen LogP contribution >= 0.6 is 0 Å². The van der Waals surface area contributed by atoms with E-state index < -0.39 is 11.9 Å². The Hall–Kier alpha value is -2.20. The van der Waals surface area contributed by atoms with Gasteiger partial charge < -0.3 is 10.4 Å². The zero-order valence-corrected chi connectivity index (χ0v) is 11.4. The van der Waals surface area contributed by atoms with Crippen molar-refractivity contribution >= 4 is 5.97 Å². The van der Waals surface area contributed by atoms with Gasteiger partial charge >= 0.3 is 5.97 Å². The third-order valence-corrected chi connectivity index (χ3v) is 3.31. The van der Waals surface area contributed by atoms with Gasteiger partial charge in [-0.3, -0.25) is 9.78 Å². The second-order valence-electron chi connectivity index (χ2n) is 4.73. The molecule has 0 saturated carbocycles. The Bertz CT molecular complexity index is 570. The highest BCUT2D eigenvalue weighted by Gasteiger charge is 2.18. The van der Waals surface area contributed by atoms with Gasteiger partial charge in [-0.15, -0.1) is 0 Å². The van der Waals surface area contributed by atoms with Gasteiger partial charge in [-0.25, -0.2) is 0 Å². The maximum atomic E-state index is 11.4. The number of aromatic nitrogens is 1. The predicted octanol–water partition coefficient (Wildman–Crippen LogP) is 2.35. The Morgan fingerprint density at radius 3 is 2.70 bits per heavy atom. The van der Waals surface area contributed by atoms with Gasteiger partial charge in [-0.05, 0) is 29.7 Å². The van der Waals surface area contributed by atoms with Crippen LogP contribution in [0.1, 0.15) is 22.6 Å². The number of benzene rings is 1. The number of carboxylic acid groups (broad SMARTS) is 1. The second kappa shape index (κ2) is 6.82. The SMILES string of the molecule is Cc1ccncc1CNCC(C(=O)O)c1ccccc1. The number of carboxylic acids is 1. The maximum absolute atomic E-state index is 11.4. The number of aryl methyl sites for hydroxylation is 1. The largest absolute Gasteiger partial charge is 0.481 e. The van der Waals surface area contributed by atoms with Gasteiger partial charge in [0.05, 0.1) is 5.92 Å². The number of nitrogens with one attached hydrogen (secondary N) is 1. The third kappa shape index (κ3) is 3.65. The molecule has 0 bridgehead atoms. The summed E-state index contributed by atoms with van der Waals surface area (Å²) in [6, 6.07) is 11.2. The van der Waals surface area contributed by atoms with Crippen molar-refractivity contribution < 1.29 is 9.90 Å². The van der Waals surface area contributed by atoms with Crippen molar-refractivity contribution in [1.29, 1.82) is 0 Å². The van der Waals surface area contributed by atoms with E-state index in [-0.39, 0.29) is 0 Å². The van der Waals surface area contributed by atoms with Crippen LogP contribution in [-0.2, 0) is 11.3 Å². The minimum atomic E-state index is -0.813. The van der Waals surface area contributed by atoms with E-state index in [1.807, 2.05) is 43.3 Å². The van der Waals surface area contributed by atoms with Crippen molar-refractivity contribution in [3.8, 4) is 0 Å². The number of hydrogen-bond donors (Lipinski definition) is 2. The number of hydrogen-bond acceptors (Lipinski definition) is 3. The van der Waals surface area contributed by atoms with Crippen molar-refractivity contribution in [3.05, 3.63) is 65.5 Å². The topological polar surface area (TPSA) is 62.2 Å². The average Bonchev–Trinajstić information content (AvgIpc) is 2.46. The molecule has 0 radical (unpaired) electrons. The van der Waals surface area contributed by atoms with Gasteiger partial charge in [0.1, 0.15) is 0 Å². The maximum Gasteiger partial charge on any atom is 0.312 e. The number of nitrogens with zero attached hydrogens (tertiary/aromatic N) is 1. The zero-order chi connectivity index (χ0) is 14.4. The monoisotopic (exact) mass is 270 g/mol. The molecule has 20 heavy (non-hydrogen) atoms. The standard InChI is InChI=1S/C16H18N2O2/c1-12-7-8-17-9-14(12)10-18-11-15(16(19)20)13-5-3-2-4-6-13/h2-9,15,18H,10-11H2,1H3,(H,19,20). The lowest BCUT2D eigenvalue weighted by atomic mass is 9.99. The fourth-order valence-electron chi connectivity index (χ4n) is 2.07. The normalized spacial score (nSPS) is 12.1. The summed E-state index contributed by atoms with van der Waals surface area (Å²) in [4.78, 5) is 15.4. The van der Waals surface area contributed by atoms with E-state index in [0.717, 1.165) is 16.7 Å². The summed E-state index contributed by atoms with van der Waals surface area (Å²) >= 11 is 0. The first-order chi connectivity index (χ1) is 9.68.